The number of hydrogen-bond donors (Lipinski definition) is 0. The molecule has 0 aromatic heterocycles. The average Bonchev–Trinajstić information content (AvgIpc) is 2.76. The normalized spacial score (nSPS) is 20.9. The summed E-state index contributed by atoms with van der Waals surface area (Å²) in [6, 6.07) is 0. The molecule has 3 heteroatoms. The lowest BCUT2D eigenvalue weighted by Crippen LogP contribution is -2.45. The van der Waals surface area contributed by atoms with Crippen LogP contribution in [0.2, 0.25) is 0 Å². The molecule has 0 N–H and O–H groups in total. The van der Waals surface area contributed by atoms with Crippen LogP contribution in [0, 0.1) is 0 Å². The molecule has 0 unspecified atom stereocenters. The van der Waals surface area contributed by atoms with Gasteiger partial charge in [0.25, 0.3) is 0 Å². The number of unbranched alkanes of at least 4 members (excludes halogenated alkanes) is 4. The maximum atomic E-state index is 13.7. The molecule has 1 rings (SSSR count). The fraction of sp³-hybridized carbons (Fsp3) is 0.900. The topological polar surface area (TPSA) is 34.1 Å². The summed E-state index contributed by atoms with van der Waals surface area (Å²) in [5.41, 5.74) is 0. The van der Waals surface area contributed by atoms with Crippen LogP contribution in [-0.4, -0.2) is 17.9 Å². The Morgan fingerprint density at radius 2 is 0.870 bits per heavy atom. The van der Waals surface area contributed by atoms with Crippen molar-refractivity contribution in [1.82, 2.24) is 0 Å². The van der Waals surface area contributed by atoms with Crippen LogP contribution in [0.1, 0.15) is 105 Å². The minimum absolute atomic E-state index is 0.583. The molecule has 0 aliphatic carbocycles. The third-order valence-corrected chi connectivity index (χ3v) is 8.80. The van der Waals surface area contributed by atoms with E-state index < -0.39 is 19.3 Å². The molecule has 0 spiro atoms. The lowest BCUT2D eigenvalue weighted by molar-refractivity contribution is 0.454. The maximum Gasteiger partial charge on any atom is 0.168 e. The molecule has 0 saturated carbocycles. The van der Waals surface area contributed by atoms with E-state index in [1.807, 2.05) is 0 Å². The van der Waals surface area contributed by atoms with E-state index in [1.54, 1.807) is 0 Å². The molecule has 1 aliphatic heterocycles. The molecule has 136 valence electrons. The Labute approximate surface area is 145 Å². The lowest BCUT2D eigenvalue weighted by Gasteiger charge is -2.35. The summed E-state index contributed by atoms with van der Waals surface area (Å²) in [7, 11) is -3.15. The maximum absolute atomic E-state index is 13.7. The van der Waals surface area contributed by atoms with Crippen molar-refractivity contribution < 1.29 is 8.42 Å². The first-order valence-corrected chi connectivity index (χ1v) is 11.4. The van der Waals surface area contributed by atoms with Gasteiger partial charge in [-0.1, -0.05) is 91.2 Å². The molecule has 23 heavy (non-hydrogen) atoms. The van der Waals surface area contributed by atoms with Gasteiger partial charge in [0.05, 0.1) is 9.49 Å². The Morgan fingerprint density at radius 3 is 1.09 bits per heavy atom. The molecule has 0 radical (unpaired) electrons. The summed E-state index contributed by atoms with van der Waals surface area (Å²) in [4.78, 5) is 0. The van der Waals surface area contributed by atoms with Crippen LogP contribution in [0.25, 0.3) is 0 Å². The highest BCUT2D eigenvalue weighted by atomic mass is 32.2. The van der Waals surface area contributed by atoms with Crippen molar-refractivity contribution >= 4 is 9.84 Å². The minimum Gasteiger partial charge on any atom is -0.227 e. The molecule has 0 atom stereocenters. The zero-order valence-electron chi connectivity index (χ0n) is 15.9. The Hall–Kier alpha value is -0.310. The van der Waals surface area contributed by atoms with Gasteiger partial charge in [0, 0.05) is 0 Å². The van der Waals surface area contributed by atoms with E-state index in [-0.39, 0.29) is 0 Å². The number of rotatable bonds is 12. The second-order valence-corrected chi connectivity index (χ2v) is 10.0. The van der Waals surface area contributed by atoms with Crippen molar-refractivity contribution in [2.45, 2.75) is 114 Å². The van der Waals surface area contributed by atoms with Crippen LogP contribution in [0.5, 0.6) is 0 Å². The summed E-state index contributed by atoms with van der Waals surface area (Å²) in [6.45, 7) is 8.61. The highest BCUT2D eigenvalue weighted by Crippen LogP contribution is 2.49. The SMILES string of the molecule is CCCCC1(CCCC)C=CC(CCCC)(CCCC)S1(=O)=O. The number of hydrogen-bond acceptors (Lipinski definition) is 2. The Morgan fingerprint density at radius 1 is 0.609 bits per heavy atom. The molecule has 0 aromatic rings. The van der Waals surface area contributed by atoms with Gasteiger partial charge >= 0.3 is 0 Å². The van der Waals surface area contributed by atoms with Gasteiger partial charge in [0.1, 0.15) is 0 Å². The third-order valence-electron chi connectivity index (χ3n) is 5.58. The van der Waals surface area contributed by atoms with Crippen molar-refractivity contribution in [3.05, 3.63) is 12.2 Å². The Balaban J connectivity index is 3.18. The van der Waals surface area contributed by atoms with Crippen LogP contribution in [0.3, 0.4) is 0 Å². The van der Waals surface area contributed by atoms with E-state index in [2.05, 4.69) is 39.8 Å². The molecule has 0 amide bonds. The van der Waals surface area contributed by atoms with Crippen molar-refractivity contribution in [2.24, 2.45) is 0 Å². The molecular formula is C20H38O2S. The summed E-state index contributed by atoms with van der Waals surface area (Å²) >= 11 is 0. The van der Waals surface area contributed by atoms with Crippen molar-refractivity contribution in [1.29, 1.82) is 0 Å². The van der Waals surface area contributed by atoms with E-state index in [0.29, 0.717) is 0 Å². The number of sulfone groups is 1. The van der Waals surface area contributed by atoms with Crippen molar-refractivity contribution in [3.8, 4) is 0 Å². The monoisotopic (exact) mass is 342 g/mol. The van der Waals surface area contributed by atoms with Crippen molar-refractivity contribution in [3.63, 3.8) is 0 Å². The molecule has 0 fully saturated rings. The van der Waals surface area contributed by atoms with E-state index in [0.717, 1.165) is 77.0 Å². The smallest absolute Gasteiger partial charge is 0.168 e. The summed E-state index contributed by atoms with van der Waals surface area (Å²) in [5.74, 6) is 0. The zero-order chi connectivity index (χ0) is 17.4. The first-order valence-electron chi connectivity index (χ1n) is 9.89. The molecule has 0 saturated heterocycles. The van der Waals surface area contributed by atoms with Crippen LogP contribution in [0.15, 0.2) is 12.2 Å². The average molecular weight is 343 g/mol. The van der Waals surface area contributed by atoms with Gasteiger partial charge in [-0.3, -0.25) is 0 Å². The zero-order valence-corrected chi connectivity index (χ0v) is 16.7. The van der Waals surface area contributed by atoms with Gasteiger partial charge in [-0.2, -0.15) is 0 Å². The minimum atomic E-state index is -3.15. The van der Waals surface area contributed by atoms with E-state index in [9.17, 15) is 8.42 Å². The quantitative estimate of drug-likeness (QED) is 0.395. The van der Waals surface area contributed by atoms with Gasteiger partial charge in [0.15, 0.2) is 9.84 Å². The van der Waals surface area contributed by atoms with E-state index in [4.69, 9.17) is 0 Å². The van der Waals surface area contributed by atoms with Gasteiger partial charge in [0.2, 0.25) is 0 Å². The van der Waals surface area contributed by atoms with Crippen LogP contribution < -0.4 is 0 Å². The summed E-state index contributed by atoms with van der Waals surface area (Å²) in [5, 5.41) is 0. The lowest BCUT2D eigenvalue weighted by atomic mass is 9.91. The largest absolute Gasteiger partial charge is 0.227 e. The van der Waals surface area contributed by atoms with Crippen LogP contribution >= 0.6 is 0 Å². The molecule has 0 aromatic carbocycles. The fourth-order valence-electron chi connectivity index (χ4n) is 3.91. The first kappa shape index (κ1) is 20.7. The Kier molecular flexibility index (Phi) is 8.33. The Bertz CT molecular complexity index is 410. The fourth-order valence-corrected chi connectivity index (χ4v) is 6.87. The molecule has 2 nitrogen and oxygen atoms in total. The summed E-state index contributed by atoms with van der Waals surface area (Å²) < 4.78 is 26.2. The molecule has 0 bridgehead atoms. The second-order valence-electron chi connectivity index (χ2n) is 7.38. The molecule has 1 heterocycles. The van der Waals surface area contributed by atoms with Gasteiger partial charge < -0.3 is 0 Å². The molecule has 1 aliphatic rings. The predicted molar refractivity (Wildman–Crippen MR) is 102 cm³/mol. The molecular weight excluding hydrogens is 304 g/mol. The van der Waals surface area contributed by atoms with E-state index in [1.165, 1.54) is 0 Å². The first-order chi connectivity index (χ1) is 10.9. The van der Waals surface area contributed by atoms with Gasteiger partial charge in [-0.05, 0) is 25.7 Å². The second kappa shape index (κ2) is 9.25. The van der Waals surface area contributed by atoms with Crippen LogP contribution in [0.4, 0.5) is 0 Å². The standard InChI is InChI=1S/C20H38O2S/c1-5-9-13-19(14-10-6-2)17-18-20(15-11-7-3,16-12-8-4)23(19,21)22/h17-18H,5-16H2,1-4H3. The summed E-state index contributed by atoms with van der Waals surface area (Å²) in [6.07, 6.45) is 15.7. The highest BCUT2D eigenvalue weighted by Gasteiger charge is 2.56. The van der Waals surface area contributed by atoms with Gasteiger partial charge in [-0.15, -0.1) is 0 Å². The predicted octanol–water partition coefficient (Wildman–Crippen LogP) is 6.21. The van der Waals surface area contributed by atoms with E-state index >= 15 is 0 Å². The van der Waals surface area contributed by atoms with Gasteiger partial charge in [-0.25, -0.2) is 8.42 Å². The van der Waals surface area contributed by atoms with Crippen LogP contribution in [-0.2, 0) is 9.84 Å². The third kappa shape index (κ3) is 4.21. The van der Waals surface area contributed by atoms with Crippen molar-refractivity contribution in [2.75, 3.05) is 0 Å². The highest BCUT2D eigenvalue weighted by molar-refractivity contribution is 7.94.